The van der Waals surface area contributed by atoms with Crippen LogP contribution in [0.2, 0.25) is 0 Å². The van der Waals surface area contributed by atoms with Gasteiger partial charge in [-0.25, -0.2) is 4.39 Å². The Morgan fingerprint density at radius 3 is 2.88 bits per heavy atom. The van der Waals surface area contributed by atoms with E-state index in [9.17, 15) is 19.1 Å². The molecule has 1 aromatic heterocycles. The largest absolute Gasteiger partial charge is 0.481 e. The van der Waals surface area contributed by atoms with E-state index in [1.54, 1.807) is 11.0 Å². The number of nitrogens with zero attached hydrogens (tertiary/aromatic N) is 1. The maximum Gasteiger partial charge on any atom is 0.313 e. The Balaban J connectivity index is 1.92. The Hall–Kier alpha value is -1.99. The van der Waals surface area contributed by atoms with E-state index in [0.717, 1.165) is 15.6 Å². The number of halogens is 1. The quantitative estimate of drug-likeness (QED) is 0.903. The predicted octanol–water partition coefficient (Wildman–Crippen LogP) is 3.30. The first kappa shape index (κ1) is 17.8. The molecule has 1 N–H and O–H groups in total. The van der Waals surface area contributed by atoms with Crippen LogP contribution in [-0.4, -0.2) is 48.7 Å². The number of aliphatic carboxylic acids is 1. The molecule has 25 heavy (non-hydrogen) atoms. The number of aryl methyl sites for hydroxylation is 1. The van der Waals surface area contributed by atoms with Crippen molar-refractivity contribution in [3.8, 4) is 0 Å². The van der Waals surface area contributed by atoms with Crippen molar-refractivity contribution >= 4 is 33.3 Å². The van der Waals surface area contributed by atoms with E-state index in [-0.39, 0.29) is 24.9 Å². The molecule has 0 radical (unpaired) electrons. The minimum Gasteiger partial charge on any atom is -0.481 e. The number of likely N-dealkylation sites (tertiary alicyclic amines) is 1. The standard InChI is InChI=1S/C18H20FNO4S/c1-11-13-5-4-12(19)8-14(13)25-15(11)16(21)20-7-3-6-18(9-20,10-24-2)17(22)23/h4-5,8H,3,6-7,9-10H2,1-2H3,(H,22,23). The molecule has 2 aromatic rings. The summed E-state index contributed by atoms with van der Waals surface area (Å²) in [6.07, 6.45) is 1.09. The van der Waals surface area contributed by atoms with Crippen molar-refractivity contribution in [2.24, 2.45) is 5.41 Å². The van der Waals surface area contributed by atoms with Crippen LogP contribution in [0.25, 0.3) is 10.1 Å². The lowest BCUT2D eigenvalue weighted by Crippen LogP contribution is -2.52. The number of fused-ring (bicyclic) bond motifs is 1. The molecule has 0 spiro atoms. The lowest BCUT2D eigenvalue weighted by molar-refractivity contribution is -0.155. The SMILES string of the molecule is COCC1(C(=O)O)CCCN(C(=O)c2sc3cc(F)ccc3c2C)C1. The predicted molar refractivity (Wildman–Crippen MR) is 93.6 cm³/mol. The average Bonchev–Trinajstić information content (AvgIpc) is 2.90. The summed E-state index contributed by atoms with van der Waals surface area (Å²) in [7, 11) is 1.47. The number of rotatable bonds is 4. The van der Waals surface area contributed by atoms with E-state index in [2.05, 4.69) is 0 Å². The maximum absolute atomic E-state index is 13.4. The second kappa shape index (κ2) is 6.72. The van der Waals surface area contributed by atoms with E-state index < -0.39 is 11.4 Å². The highest BCUT2D eigenvalue weighted by Crippen LogP contribution is 2.35. The van der Waals surface area contributed by atoms with Crippen molar-refractivity contribution in [1.29, 1.82) is 0 Å². The van der Waals surface area contributed by atoms with Gasteiger partial charge in [0.25, 0.3) is 5.91 Å². The molecule has 2 heterocycles. The lowest BCUT2D eigenvalue weighted by Gasteiger charge is -2.39. The molecule has 1 aliphatic heterocycles. The molecule has 1 aromatic carbocycles. The van der Waals surface area contributed by atoms with Gasteiger partial charge in [-0.15, -0.1) is 11.3 Å². The van der Waals surface area contributed by atoms with Crippen LogP contribution in [0.5, 0.6) is 0 Å². The first-order valence-corrected chi connectivity index (χ1v) is 8.90. The molecule has 3 rings (SSSR count). The monoisotopic (exact) mass is 365 g/mol. The summed E-state index contributed by atoms with van der Waals surface area (Å²) in [6, 6.07) is 4.48. The van der Waals surface area contributed by atoms with Gasteiger partial charge in [0.2, 0.25) is 0 Å². The summed E-state index contributed by atoms with van der Waals surface area (Å²) in [5, 5.41) is 10.5. The molecule has 0 saturated carbocycles. The number of carboxylic acids is 1. The molecule has 0 bridgehead atoms. The van der Waals surface area contributed by atoms with E-state index in [0.29, 0.717) is 24.3 Å². The van der Waals surface area contributed by atoms with E-state index in [1.807, 2.05) is 6.92 Å². The van der Waals surface area contributed by atoms with Crippen LogP contribution in [0.3, 0.4) is 0 Å². The summed E-state index contributed by atoms with van der Waals surface area (Å²) < 4.78 is 19.3. The minimum atomic E-state index is -1.07. The van der Waals surface area contributed by atoms with E-state index in [1.165, 1.54) is 30.6 Å². The molecule has 7 heteroatoms. The molecule has 1 atom stereocenters. The molecule has 5 nitrogen and oxygen atoms in total. The van der Waals surface area contributed by atoms with Crippen LogP contribution < -0.4 is 0 Å². The second-order valence-corrected chi connectivity index (χ2v) is 7.60. The number of carboxylic acid groups (broad SMARTS) is 1. The number of carbonyl (C=O) groups excluding carboxylic acids is 1. The van der Waals surface area contributed by atoms with Gasteiger partial charge in [0.05, 0.1) is 11.5 Å². The fraction of sp³-hybridized carbons (Fsp3) is 0.444. The minimum absolute atomic E-state index is 0.0721. The van der Waals surface area contributed by atoms with Crippen LogP contribution in [0, 0.1) is 18.2 Å². The number of benzene rings is 1. The Bertz CT molecular complexity index is 830. The summed E-state index contributed by atoms with van der Waals surface area (Å²) in [6.45, 7) is 2.55. The Morgan fingerprint density at radius 1 is 1.44 bits per heavy atom. The average molecular weight is 365 g/mol. The van der Waals surface area contributed by atoms with Gasteiger partial charge >= 0.3 is 5.97 Å². The highest BCUT2D eigenvalue weighted by Gasteiger charge is 2.44. The van der Waals surface area contributed by atoms with Crippen molar-refractivity contribution < 1.29 is 23.8 Å². The number of carbonyl (C=O) groups is 2. The molecule has 1 amide bonds. The van der Waals surface area contributed by atoms with Crippen molar-refractivity contribution in [1.82, 2.24) is 4.90 Å². The fourth-order valence-electron chi connectivity index (χ4n) is 3.48. The molecular weight excluding hydrogens is 345 g/mol. The molecule has 1 saturated heterocycles. The summed E-state index contributed by atoms with van der Waals surface area (Å²) in [4.78, 5) is 26.9. The molecule has 1 unspecified atom stereocenters. The Kier molecular flexibility index (Phi) is 4.79. The zero-order valence-electron chi connectivity index (χ0n) is 14.2. The Labute approximate surface area is 149 Å². The van der Waals surface area contributed by atoms with Crippen molar-refractivity contribution in [3.63, 3.8) is 0 Å². The van der Waals surface area contributed by atoms with Gasteiger partial charge in [-0.3, -0.25) is 9.59 Å². The van der Waals surface area contributed by atoms with Gasteiger partial charge in [0, 0.05) is 24.9 Å². The van der Waals surface area contributed by atoms with Gasteiger partial charge in [-0.2, -0.15) is 0 Å². The fourth-order valence-corrected chi connectivity index (χ4v) is 4.68. The van der Waals surface area contributed by atoms with Gasteiger partial charge in [0.1, 0.15) is 11.2 Å². The molecule has 1 fully saturated rings. The maximum atomic E-state index is 13.4. The van der Waals surface area contributed by atoms with Crippen molar-refractivity contribution in [2.75, 3.05) is 26.8 Å². The molecule has 0 aliphatic carbocycles. The third-order valence-electron chi connectivity index (χ3n) is 4.83. The summed E-state index contributed by atoms with van der Waals surface area (Å²) in [5.74, 6) is -1.47. The van der Waals surface area contributed by atoms with Crippen molar-refractivity contribution in [2.45, 2.75) is 19.8 Å². The third-order valence-corrected chi connectivity index (χ3v) is 6.08. The summed E-state index contributed by atoms with van der Waals surface area (Å²) >= 11 is 1.25. The topological polar surface area (TPSA) is 66.8 Å². The van der Waals surface area contributed by atoms with Gasteiger partial charge in [-0.05, 0) is 42.8 Å². The number of methoxy groups -OCH3 is 1. The molecule has 1 aliphatic rings. The number of thiophene rings is 1. The van der Waals surface area contributed by atoms with Gasteiger partial charge in [0.15, 0.2) is 0 Å². The first-order chi connectivity index (χ1) is 11.9. The lowest BCUT2D eigenvalue weighted by atomic mass is 9.80. The smallest absolute Gasteiger partial charge is 0.313 e. The van der Waals surface area contributed by atoms with Crippen LogP contribution in [0.1, 0.15) is 28.1 Å². The molecular formula is C18H20FNO4S. The van der Waals surface area contributed by atoms with E-state index >= 15 is 0 Å². The number of amides is 1. The zero-order valence-corrected chi connectivity index (χ0v) is 15.0. The zero-order chi connectivity index (χ0) is 18.2. The number of ether oxygens (including phenoxy) is 1. The van der Waals surface area contributed by atoms with Crippen LogP contribution in [0.15, 0.2) is 18.2 Å². The van der Waals surface area contributed by atoms with Crippen LogP contribution >= 0.6 is 11.3 Å². The van der Waals surface area contributed by atoms with Gasteiger partial charge < -0.3 is 14.7 Å². The van der Waals surface area contributed by atoms with Crippen molar-refractivity contribution in [3.05, 3.63) is 34.5 Å². The van der Waals surface area contributed by atoms with Crippen LogP contribution in [-0.2, 0) is 9.53 Å². The number of hydrogen-bond donors (Lipinski definition) is 1. The number of hydrogen-bond acceptors (Lipinski definition) is 4. The summed E-state index contributed by atoms with van der Waals surface area (Å²) in [5.41, 5.74) is -0.262. The van der Waals surface area contributed by atoms with Crippen LogP contribution in [0.4, 0.5) is 4.39 Å². The first-order valence-electron chi connectivity index (χ1n) is 8.08. The number of piperidine rings is 1. The Morgan fingerprint density at radius 2 is 2.20 bits per heavy atom. The normalized spacial score (nSPS) is 20.8. The highest BCUT2D eigenvalue weighted by atomic mass is 32.1. The highest BCUT2D eigenvalue weighted by molar-refractivity contribution is 7.21. The van der Waals surface area contributed by atoms with E-state index in [4.69, 9.17) is 4.74 Å². The third kappa shape index (κ3) is 3.14. The second-order valence-electron chi connectivity index (χ2n) is 6.55. The van der Waals surface area contributed by atoms with Gasteiger partial charge in [-0.1, -0.05) is 6.07 Å². The molecule has 134 valence electrons.